The van der Waals surface area contributed by atoms with Gasteiger partial charge in [0.05, 0.1) is 17.5 Å². The molecule has 0 spiro atoms. The number of carbonyl (C=O) groups excluding carboxylic acids is 1. The number of thioether (sulfide) groups is 1. The number of halogens is 2. The molecule has 1 unspecified atom stereocenters. The third-order valence-corrected chi connectivity index (χ3v) is 7.41. The molecule has 9 atom stereocenters. The van der Waals surface area contributed by atoms with Gasteiger partial charge in [0.1, 0.15) is 35.5 Å². The number of nitrogens with one attached hydrogen (secondary N) is 2. The van der Waals surface area contributed by atoms with Gasteiger partial charge in [-0.1, -0.05) is 13.3 Å². The van der Waals surface area contributed by atoms with E-state index in [1.807, 2.05) is 6.92 Å². The first-order chi connectivity index (χ1) is 14.8. The van der Waals surface area contributed by atoms with Crippen LogP contribution in [-0.2, 0) is 18.6 Å². The molecule has 2 saturated heterocycles. The minimum Gasteiger partial charge on any atom is -0.388 e. The van der Waals surface area contributed by atoms with E-state index in [9.17, 15) is 24.0 Å². The van der Waals surface area contributed by atoms with Crippen LogP contribution in [0.1, 0.15) is 39.5 Å². The predicted molar refractivity (Wildman–Crippen MR) is 118 cm³/mol. The molecular formula is C18H33ClFN2O8PS. The van der Waals surface area contributed by atoms with Crippen molar-refractivity contribution in [2.24, 2.45) is 0 Å². The Hall–Kier alpha value is -0.0100. The molecule has 6 N–H and O–H groups in total. The molecule has 2 aliphatic heterocycles. The highest BCUT2D eigenvalue weighted by Gasteiger charge is 2.51. The van der Waals surface area contributed by atoms with Crippen LogP contribution in [0.2, 0.25) is 0 Å². The number of amides is 1. The Morgan fingerprint density at radius 3 is 2.62 bits per heavy atom. The SMILES string of the molecule is CCCC1(F)CCN[C@H](C(=O)N[C@@H]([C@H]2O[C@H](SC)[C@H](OP(=O)(O)O)[C@@H](O)[C@H]2O)[C@H](C)Cl)C1. The van der Waals surface area contributed by atoms with Crippen LogP contribution < -0.4 is 10.6 Å². The van der Waals surface area contributed by atoms with Gasteiger partial charge >= 0.3 is 7.82 Å². The van der Waals surface area contributed by atoms with Crippen LogP contribution >= 0.6 is 31.2 Å². The maximum absolute atomic E-state index is 15.0. The van der Waals surface area contributed by atoms with Crippen LogP contribution in [0, 0.1) is 0 Å². The highest BCUT2D eigenvalue weighted by atomic mass is 35.5. The van der Waals surface area contributed by atoms with E-state index in [0.717, 1.165) is 11.8 Å². The van der Waals surface area contributed by atoms with Gasteiger partial charge < -0.3 is 35.4 Å². The molecule has 32 heavy (non-hydrogen) atoms. The maximum Gasteiger partial charge on any atom is 0.470 e. The van der Waals surface area contributed by atoms with Crippen LogP contribution in [0.4, 0.5) is 4.39 Å². The number of aliphatic hydroxyl groups is 2. The van der Waals surface area contributed by atoms with Crippen LogP contribution in [0.15, 0.2) is 0 Å². The molecular weight excluding hydrogens is 490 g/mol. The van der Waals surface area contributed by atoms with Crippen molar-refractivity contribution < 1.29 is 43.0 Å². The van der Waals surface area contributed by atoms with Gasteiger partial charge in [-0.3, -0.25) is 9.32 Å². The van der Waals surface area contributed by atoms with Gasteiger partial charge in [-0.25, -0.2) is 8.96 Å². The molecule has 1 amide bonds. The molecule has 2 aliphatic rings. The van der Waals surface area contributed by atoms with Gasteiger partial charge in [0.2, 0.25) is 5.91 Å². The Bertz CT molecular complexity index is 685. The lowest BCUT2D eigenvalue weighted by Gasteiger charge is -2.45. The number of piperidine rings is 1. The zero-order valence-electron chi connectivity index (χ0n) is 18.2. The molecule has 2 fully saturated rings. The Labute approximate surface area is 196 Å². The lowest BCUT2D eigenvalue weighted by atomic mass is 9.85. The zero-order chi connectivity index (χ0) is 24.3. The number of alkyl halides is 2. The number of rotatable bonds is 9. The van der Waals surface area contributed by atoms with E-state index in [1.165, 1.54) is 0 Å². The Balaban J connectivity index is 2.16. The van der Waals surface area contributed by atoms with Crippen molar-refractivity contribution in [3.8, 4) is 0 Å². The number of aliphatic hydroxyl groups excluding tert-OH is 2. The Morgan fingerprint density at radius 1 is 1.44 bits per heavy atom. The van der Waals surface area contributed by atoms with Crippen LogP contribution in [-0.4, -0.2) is 91.7 Å². The number of phosphoric ester groups is 1. The van der Waals surface area contributed by atoms with E-state index >= 15 is 0 Å². The molecule has 2 heterocycles. The number of hydrogen-bond acceptors (Lipinski definition) is 8. The summed E-state index contributed by atoms with van der Waals surface area (Å²) in [5.41, 5.74) is -2.50. The number of carbonyl (C=O) groups is 1. The Kier molecular flexibility index (Phi) is 10.2. The number of hydrogen-bond donors (Lipinski definition) is 6. The van der Waals surface area contributed by atoms with Crippen molar-refractivity contribution >= 4 is 37.1 Å². The van der Waals surface area contributed by atoms with Crippen molar-refractivity contribution in [3.63, 3.8) is 0 Å². The molecule has 0 saturated carbocycles. The molecule has 0 aliphatic carbocycles. The third-order valence-electron chi connectivity index (χ3n) is 5.78. The summed E-state index contributed by atoms with van der Waals surface area (Å²) in [6.45, 7) is 3.78. The van der Waals surface area contributed by atoms with Crippen LogP contribution in [0.5, 0.6) is 0 Å². The first kappa shape index (κ1) is 28.2. The summed E-state index contributed by atoms with van der Waals surface area (Å²) >= 11 is 7.27. The number of ether oxygens (including phenoxy) is 1. The normalized spacial score (nSPS) is 38.2. The summed E-state index contributed by atoms with van der Waals surface area (Å²) in [6.07, 6.45) is -3.22. The van der Waals surface area contributed by atoms with Gasteiger partial charge in [-0.15, -0.1) is 23.4 Å². The standard InChI is InChI=1S/C18H33ClFN2O8PS/c1-4-5-18(20)6-7-21-10(8-18)16(25)22-11(9(2)19)14-12(23)13(24)15(17(29-14)32-3)30-31(26,27)28/h9-15,17,21,23-24H,4-8H2,1-3H3,(H,22,25)(H2,26,27,28)/t9-,10-,11+,12+,13-,14+,15+,17+,18?/m0/s1. The summed E-state index contributed by atoms with van der Waals surface area (Å²) in [6, 6.07) is -1.78. The van der Waals surface area contributed by atoms with Crippen molar-refractivity contribution in [3.05, 3.63) is 0 Å². The van der Waals surface area contributed by atoms with E-state index in [1.54, 1.807) is 13.2 Å². The molecule has 188 valence electrons. The predicted octanol–water partition coefficient (Wildman–Crippen LogP) is 0.647. The summed E-state index contributed by atoms with van der Waals surface area (Å²) in [7, 11) is -4.97. The van der Waals surface area contributed by atoms with E-state index in [-0.39, 0.29) is 6.42 Å². The van der Waals surface area contributed by atoms with Gasteiger partial charge in [-0.05, 0) is 32.6 Å². The number of phosphoric acid groups is 1. The van der Waals surface area contributed by atoms with Crippen molar-refractivity contribution in [1.82, 2.24) is 10.6 Å². The highest BCUT2D eigenvalue weighted by Crippen LogP contribution is 2.43. The topological polar surface area (TPSA) is 158 Å². The molecule has 0 aromatic carbocycles. The quantitative estimate of drug-likeness (QED) is 0.187. The first-order valence-electron chi connectivity index (χ1n) is 10.5. The fraction of sp³-hybridized carbons (Fsp3) is 0.944. The molecule has 0 radical (unpaired) electrons. The minimum absolute atomic E-state index is 0.00159. The largest absolute Gasteiger partial charge is 0.470 e. The average Bonchev–Trinajstić information content (AvgIpc) is 2.69. The summed E-state index contributed by atoms with van der Waals surface area (Å²) in [5, 5.41) is 26.0. The van der Waals surface area contributed by atoms with Gasteiger partial charge in [0.15, 0.2) is 0 Å². The first-order valence-corrected chi connectivity index (χ1v) is 13.7. The second kappa shape index (κ2) is 11.6. The highest BCUT2D eigenvalue weighted by molar-refractivity contribution is 7.99. The lowest BCUT2D eigenvalue weighted by molar-refractivity contribution is -0.201. The minimum atomic E-state index is -4.97. The van der Waals surface area contributed by atoms with E-state index < -0.39 is 66.7 Å². The summed E-state index contributed by atoms with van der Waals surface area (Å²) < 4.78 is 36.6. The molecule has 10 nitrogen and oxygen atoms in total. The lowest BCUT2D eigenvalue weighted by Crippen LogP contribution is -2.66. The zero-order valence-corrected chi connectivity index (χ0v) is 20.7. The monoisotopic (exact) mass is 522 g/mol. The van der Waals surface area contributed by atoms with Crippen LogP contribution in [0.3, 0.4) is 0 Å². The maximum atomic E-state index is 15.0. The second-order valence-corrected chi connectivity index (χ2v) is 11.1. The molecule has 0 aromatic heterocycles. The molecule has 2 rings (SSSR count). The molecule has 0 aromatic rings. The average molecular weight is 523 g/mol. The second-order valence-electron chi connectivity index (χ2n) is 8.32. The summed E-state index contributed by atoms with van der Waals surface area (Å²) in [5.74, 6) is -0.514. The molecule has 14 heteroatoms. The van der Waals surface area contributed by atoms with E-state index in [4.69, 9.17) is 26.1 Å². The van der Waals surface area contributed by atoms with E-state index in [0.29, 0.717) is 25.8 Å². The van der Waals surface area contributed by atoms with Crippen LogP contribution in [0.25, 0.3) is 0 Å². The fourth-order valence-corrected chi connectivity index (χ4v) is 5.78. The molecule has 0 bridgehead atoms. The third kappa shape index (κ3) is 7.24. The van der Waals surface area contributed by atoms with Crippen molar-refractivity contribution in [2.75, 3.05) is 12.8 Å². The van der Waals surface area contributed by atoms with E-state index in [2.05, 4.69) is 15.2 Å². The van der Waals surface area contributed by atoms with Gasteiger partial charge in [0, 0.05) is 6.42 Å². The smallest absolute Gasteiger partial charge is 0.388 e. The van der Waals surface area contributed by atoms with Gasteiger partial charge in [-0.2, -0.15) is 0 Å². The fourth-order valence-electron chi connectivity index (χ4n) is 4.21. The Morgan fingerprint density at radius 2 is 2.09 bits per heavy atom. The van der Waals surface area contributed by atoms with Crippen molar-refractivity contribution in [2.45, 2.75) is 92.5 Å². The summed E-state index contributed by atoms with van der Waals surface area (Å²) in [4.78, 5) is 31.1. The van der Waals surface area contributed by atoms with Crippen molar-refractivity contribution in [1.29, 1.82) is 0 Å². The van der Waals surface area contributed by atoms with Gasteiger partial charge in [0.25, 0.3) is 0 Å².